The van der Waals surface area contributed by atoms with Gasteiger partial charge in [-0.05, 0) is 23.8 Å². The van der Waals surface area contributed by atoms with E-state index in [2.05, 4.69) is 5.10 Å². The Bertz CT molecular complexity index is 619. The standard InChI is InChI=1S/C12H15N3O2S/c1-14(2)18(16,17)12-6-3-5-11(9-12)10-15-8-4-7-13-15/h3-9H,10H2,1-2H3. The number of benzene rings is 1. The van der Waals surface area contributed by atoms with Crippen LogP contribution in [0, 0.1) is 0 Å². The fourth-order valence-corrected chi connectivity index (χ4v) is 2.57. The predicted octanol–water partition coefficient (Wildman–Crippen LogP) is 1.18. The Morgan fingerprint density at radius 2 is 2.06 bits per heavy atom. The molecule has 0 aliphatic heterocycles. The van der Waals surface area contributed by atoms with Gasteiger partial charge >= 0.3 is 0 Å². The first-order valence-electron chi connectivity index (χ1n) is 5.49. The Labute approximate surface area is 107 Å². The number of aromatic nitrogens is 2. The maximum atomic E-state index is 12.0. The molecule has 1 aromatic carbocycles. The molecule has 0 unspecified atom stereocenters. The smallest absolute Gasteiger partial charge is 0.242 e. The quantitative estimate of drug-likeness (QED) is 0.834. The first kappa shape index (κ1) is 12.8. The van der Waals surface area contributed by atoms with Crippen LogP contribution in [0.4, 0.5) is 0 Å². The van der Waals surface area contributed by atoms with Crippen LogP contribution >= 0.6 is 0 Å². The highest BCUT2D eigenvalue weighted by atomic mass is 32.2. The molecule has 0 fully saturated rings. The van der Waals surface area contributed by atoms with Crippen LogP contribution in [0.5, 0.6) is 0 Å². The lowest BCUT2D eigenvalue weighted by Crippen LogP contribution is -2.22. The molecular formula is C12H15N3O2S. The Hall–Kier alpha value is -1.66. The van der Waals surface area contributed by atoms with E-state index in [1.165, 1.54) is 18.4 Å². The van der Waals surface area contributed by atoms with Crippen molar-refractivity contribution in [2.75, 3.05) is 14.1 Å². The van der Waals surface area contributed by atoms with Crippen molar-refractivity contribution in [1.29, 1.82) is 0 Å². The molecule has 1 aromatic heterocycles. The largest absolute Gasteiger partial charge is 0.268 e. The number of nitrogens with zero attached hydrogens (tertiary/aromatic N) is 3. The predicted molar refractivity (Wildman–Crippen MR) is 68.6 cm³/mol. The van der Waals surface area contributed by atoms with Crippen LogP contribution in [0.15, 0.2) is 47.6 Å². The summed E-state index contributed by atoms with van der Waals surface area (Å²) in [5.41, 5.74) is 0.904. The van der Waals surface area contributed by atoms with Crippen LogP contribution in [-0.2, 0) is 16.6 Å². The van der Waals surface area contributed by atoms with E-state index in [1.807, 2.05) is 18.3 Å². The van der Waals surface area contributed by atoms with Crippen LogP contribution in [0.1, 0.15) is 5.56 Å². The van der Waals surface area contributed by atoms with E-state index >= 15 is 0 Å². The van der Waals surface area contributed by atoms with Crippen LogP contribution in [-0.4, -0.2) is 36.6 Å². The fourth-order valence-electron chi connectivity index (χ4n) is 1.60. The van der Waals surface area contributed by atoms with Gasteiger partial charge in [-0.1, -0.05) is 12.1 Å². The third kappa shape index (κ3) is 2.60. The molecule has 0 radical (unpaired) electrons. The minimum atomic E-state index is -3.37. The molecule has 5 nitrogen and oxygen atoms in total. The van der Waals surface area contributed by atoms with Crippen molar-refractivity contribution in [2.24, 2.45) is 0 Å². The molecule has 0 saturated heterocycles. The van der Waals surface area contributed by atoms with Crippen LogP contribution < -0.4 is 0 Å². The van der Waals surface area contributed by atoms with Crippen molar-refractivity contribution in [1.82, 2.24) is 14.1 Å². The third-order valence-electron chi connectivity index (χ3n) is 2.58. The molecule has 18 heavy (non-hydrogen) atoms. The summed E-state index contributed by atoms with van der Waals surface area (Å²) in [7, 11) is -0.328. The average molecular weight is 265 g/mol. The molecule has 0 aliphatic carbocycles. The summed E-state index contributed by atoms with van der Waals surface area (Å²) in [5, 5.41) is 4.10. The van der Waals surface area contributed by atoms with Gasteiger partial charge in [-0.2, -0.15) is 5.10 Å². The molecule has 0 bridgehead atoms. The van der Waals surface area contributed by atoms with E-state index < -0.39 is 10.0 Å². The van der Waals surface area contributed by atoms with E-state index in [1.54, 1.807) is 29.1 Å². The van der Waals surface area contributed by atoms with E-state index in [0.717, 1.165) is 5.56 Å². The van der Waals surface area contributed by atoms with Gasteiger partial charge in [0.05, 0.1) is 11.4 Å². The van der Waals surface area contributed by atoms with E-state index in [4.69, 9.17) is 0 Å². The Morgan fingerprint density at radius 1 is 1.28 bits per heavy atom. The summed E-state index contributed by atoms with van der Waals surface area (Å²) in [6, 6.07) is 8.74. The SMILES string of the molecule is CN(C)S(=O)(=O)c1cccc(Cn2cccn2)c1. The highest BCUT2D eigenvalue weighted by molar-refractivity contribution is 7.89. The molecule has 6 heteroatoms. The number of hydrogen-bond donors (Lipinski definition) is 0. The Balaban J connectivity index is 2.31. The summed E-state index contributed by atoms with van der Waals surface area (Å²) in [6.07, 6.45) is 3.54. The molecule has 2 rings (SSSR count). The van der Waals surface area contributed by atoms with E-state index in [9.17, 15) is 8.42 Å². The molecule has 96 valence electrons. The second-order valence-corrected chi connectivity index (χ2v) is 6.29. The summed E-state index contributed by atoms with van der Waals surface area (Å²) >= 11 is 0. The molecule has 0 atom stereocenters. The van der Waals surface area contributed by atoms with Crippen molar-refractivity contribution in [3.8, 4) is 0 Å². The van der Waals surface area contributed by atoms with E-state index in [0.29, 0.717) is 11.4 Å². The lowest BCUT2D eigenvalue weighted by Gasteiger charge is -2.12. The minimum absolute atomic E-state index is 0.303. The molecule has 0 spiro atoms. The first-order valence-corrected chi connectivity index (χ1v) is 6.93. The topological polar surface area (TPSA) is 55.2 Å². The van der Waals surface area contributed by atoms with Crippen molar-refractivity contribution in [3.05, 3.63) is 48.3 Å². The molecule has 1 heterocycles. The van der Waals surface area contributed by atoms with Crippen molar-refractivity contribution in [2.45, 2.75) is 11.4 Å². The molecule has 2 aromatic rings. The highest BCUT2D eigenvalue weighted by Crippen LogP contribution is 2.15. The van der Waals surface area contributed by atoms with Gasteiger partial charge in [0, 0.05) is 26.5 Å². The molecule has 0 aliphatic rings. The first-order chi connectivity index (χ1) is 8.50. The van der Waals surface area contributed by atoms with Crippen LogP contribution in [0.25, 0.3) is 0 Å². The van der Waals surface area contributed by atoms with Crippen molar-refractivity contribution < 1.29 is 8.42 Å². The van der Waals surface area contributed by atoms with Gasteiger partial charge in [0.1, 0.15) is 0 Å². The van der Waals surface area contributed by atoms with Crippen molar-refractivity contribution in [3.63, 3.8) is 0 Å². The van der Waals surface area contributed by atoms with Gasteiger partial charge in [0.2, 0.25) is 10.0 Å². The third-order valence-corrected chi connectivity index (χ3v) is 4.39. The zero-order valence-electron chi connectivity index (χ0n) is 10.3. The highest BCUT2D eigenvalue weighted by Gasteiger charge is 2.17. The Morgan fingerprint density at radius 3 is 2.67 bits per heavy atom. The summed E-state index contributed by atoms with van der Waals surface area (Å²) in [6.45, 7) is 0.559. The Kier molecular flexibility index (Phi) is 3.49. The normalized spacial score (nSPS) is 11.9. The van der Waals surface area contributed by atoms with Crippen LogP contribution in [0.3, 0.4) is 0 Å². The lowest BCUT2D eigenvalue weighted by atomic mass is 10.2. The fraction of sp³-hybridized carbons (Fsp3) is 0.250. The second kappa shape index (κ2) is 4.91. The van der Waals surface area contributed by atoms with Gasteiger partial charge in [-0.15, -0.1) is 0 Å². The number of hydrogen-bond acceptors (Lipinski definition) is 3. The molecule has 0 amide bonds. The molecule has 0 N–H and O–H groups in total. The maximum absolute atomic E-state index is 12.0. The maximum Gasteiger partial charge on any atom is 0.242 e. The summed E-state index contributed by atoms with van der Waals surface area (Å²) in [5.74, 6) is 0. The number of rotatable bonds is 4. The minimum Gasteiger partial charge on any atom is -0.268 e. The van der Waals surface area contributed by atoms with Gasteiger partial charge in [0.15, 0.2) is 0 Å². The molecular weight excluding hydrogens is 250 g/mol. The monoisotopic (exact) mass is 265 g/mol. The van der Waals surface area contributed by atoms with Crippen molar-refractivity contribution >= 4 is 10.0 Å². The summed E-state index contributed by atoms with van der Waals surface area (Å²) < 4.78 is 26.9. The zero-order valence-corrected chi connectivity index (χ0v) is 11.1. The lowest BCUT2D eigenvalue weighted by molar-refractivity contribution is 0.520. The van der Waals surface area contributed by atoms with Gasteiger partial charge < -0.3 is 0 Å². The zero-order chi connectivity index (χ0) is 13.2. The van der Waals surface area contributed by atoms with Crippen LogP contribution in [0.2, 0.25) is 0 Å². The van der Waals surface area contributed by atoms with E-state index in [-0.39, 0.29) is 0 Å². The molecule has 0 saturated carbocycles. The second-order valence-electron chi connectivity index (χ2n) is 4.14. The number of sulfonamides is 1. The van der Waals surface area contributed by atoms with Gasteiger partial charge in [0.25, 0.3) is 0 Å². The average Bonchev–Trinajstić information content (AvgIpc) is 2.82. The van der Waals surface area contributed by atoms with Gasteiger partial charge in [-0.3, -0.25) is 4.68 Å². The summed E-state index contributed by atoms with van der Waals surface area (Å²) in [4.78, 5) is 0.303. The van der Waals surface area contributed by atoms with Gasteiger partial charge in [-0.25, -0.2) is 12.7 Å².